The van der Waals surface area contributed by atoms with Crippen LogP contribution in [-0.4, -0.2) is 53.1 Å². The van der Waals surface area contributed by atoms with E-state index in [-0.39, 0.29) is 11.8 Å². The van der Waals surface area contributed by atoms with Gasteiger partial charge in [-0.1, -0.05) is 17.4 Å². The molecule has 1 aliphatic heterocycles. The maximum Gasteiger partial charge on any atom is 0.254 e. The summed E-state index contributed by atoms with van der Waals surface area (Å²) in [6, 6.07) is 7.03. The van der Waals surface area contributed by atoms with Crippen LogP contribution in [0.1, 0.15) is 22.3 Å². The molecule has 126 valence electrons. The first kappa shape index (κ1) is 16.4. The van der Waals surface area contributed by atoms with Gasteiger partial charge in [-0.3, -0.25) is 9.59 Å². The molecule has 1 fully saturated rings. The highest BCUT2D eigenvalue weighted by atomic mass is 32.1. The number of rotatable bonds is 3. The van der Waals surface area contributed by atoms with E-state index in [0.717, 1.165) is 23.2 Å². The maximum absolute atomic E-state index is 12.7. The van der Waals surface area contributed by atoms with Crippen molar-refractivity contribution in [2.24, 2.45) is 0 Å². The molecule has 0 atom stereocenters. The molecule has 0 bridgehead atoms. The minimum Gasteiger partial charge on any atom is -0.343 e. The highest BCUT2D eigenvalue weighted by Crippen LogP contribution is 2.21. The Hall–Kier alpha value is -2.48. The lowest BCUT2D eigenvalue weighted by Gasteiger charge is -2.34. The molecule has 1 aromatic heterocycles. The number of benzene rings is 1. The lowest BCUT2D eigenvalue weighted by atomic mass is 10.1. The SMILES string of the molecule is CC(=O)Nc1cccc(C(=O)N2CCN(c3nnc(C)s3)CC2)c1. The number of nitrogens with zero attached hydrogens (tertiary/aromatic N) is 4. The third kappa shape index (κ3) is 3.70. The Bertz CT molecular complexity index is 752. The Balaban J connectivity index is 1.63. The summed E-state index contributed by atoms with van der Waals surface area (Å²) in [4.78, 5) is 27.8. The highest BCUT2D eigenvalue weighted by Gasteiger charge is 2.24. The Labute approximate surface area is 144 Å². The van der Waals surface area contributed by atoms with Crippen molar-refractivity contribution in [3.05, 3.63) is 34.8 Å². The fraction of sp³-hybridized carbons (Fsp3) is 0.375. The van der Waals surface area contributed by atoms with Crippen molar-refractivity contribution in [3.63, 3.8) is 0 Å². The van der Waals surface area contributed by atoms with Gasteiger partial charge >= 0.3 is 0 Å². The van der Waals surface area contributed by atoms with E-state index < -0.39 is 0 Å². The Morgan fingerprint density at radius 2 is 1.92 bits per heavy atom. The largest absolute Gasteiger partial charge is 0.343 e. The predicted octanol–water partition coefficient (Wildman–Crippen LogP) is 1.77. The van der Waals surface area contributed by atoms with Gasteiger partial charge in [0.1, 0.15) is 5.01 Å². The average Bonchev–Trinajstić information content (AvgIpc) is 3.00. The van der Waals surface area contributed by atoms with E-state index >= 15 is 0 Å². The second-order valence-electron chi connectivity index (χ2n) is 5.64. The number of aryl methyl sites for hydroxylation is 1. The van der Waals surface area contributed by atoms with Crippen molar-refractivity contribution in [1.29, 1.82) is 0 Å². The standard InChI is InChI=1S/C16H19N5O2S/c1-11(22)17-14-5-3-4-13(10-14)15(23)20-6-8-21(9-7-20)16-19-18-12(2)24-16/h3-5,10H,6-9H2,1-2H3,(H,17,22). The molecule has 1 saturated heterocycles. The number of hydrogen-bond acceptors (Lipinski definition) is 6. The van der Waals surface area contributed by atoms with Gasteiger partial charge in [0, 0.05) is 44.4 Å². The van der Waals surface area contributed by atoms with Crippen LogP contribution >= 0.6 is 11.3 Å². The number of amides is 2. The van der Waals surface area contributed by atoms with E-state index in [9.17, 15) is 9.59 Å². The molecule has 7 nitrogen and oxygen atoms in total. The zero-order valence-corrected chi connectivity index (χ0v) is 14.5. The summed E-state index contributed by atoms with van der Waals surface area (Å²) >= 11 is 1.57. The van der Waals surface area contributed by atoms with Gasteiger partial charge < -0.3 is 15.1 Å². The van der Waals surface area contributed by atoms with Crippen LogP contribution in [-0.2, 0) is 4.79 Å². The second kappa shape index (κ2) is 6.96. The third-order valence-electron chi connectivity index (χ3n) is 3.78. The minimum absolute atomic E-state index is 0.0182. The lowest BCUT2D eigenvalue weighted by Crippen LogP contribution is -2.48. The molecule has 1 N–H and O–H groups in total. The molecule has 2 aromatic rings. The summed E-state index contributed by atoms with van der Waals surface area (Å²) in [5.41, 5.74) is 1.22. The van der Waals surface area contributed by atoms with Crippen LogP contribution in [0.4, 0.5) is 10.8 Å². The molecule has 0 spiro atoms. The number of aromatic nitrogens is 2. The number of carbonyl (C=O) groups is 2. The summed E-state index contributed by atoms with van der Waals surface area (Å²) in [5.74, 6) is -0.170. The van der Waals surface area contributed by atoms with Crippen molar-refractivity contribution in [2.75, 3.05) is 36.4 Å². The molecule has 2 amide bonds. The van der Waals surface area contributed by atoms with Gasteiger partial charge in [-0.05, 0) is 25.1 Å². The second-order valence-corrected chi connectivity index (χ2v) is 6.80. The third-order valence-corrected chi connectivity index (χ3v) is 4.68. The van der Waals surface area contributed by atoms with Gasteiger partial charge in [-0.25, -0.2) is 0 Å². The number of piperazine rings is 1. The number of anilines is 2. The van der Waals surface area contributed by atoms with Gasteiger partial charge in [0.05, 0.1) is 0 Å². The van der Waals surface area contributed by atoms with E-state index in [1.54, 1.807) is 35.6 Å². The molecular formula is C16H19N5O2S. The van der Waals surface area contributed by atoms with Crippen LogP contribution in [0.5, 0.6) is 0 Å². The summed E-state index contributed by atoms with van der Waals surface area (Å²) < 4.78 is 0. The maximum atomic E-state index is 12.7. The van der Waals surface area contributed by atoms with Crippen LogP contribution in [0.15, 0.2) is 24.3 Å². The van der Waals surface area contributed by atoms with Crippen LogP contribution < -0.4 is 10.2 Å². The van der Waals surface area contributed by atoms with Gasteiger partial charge in [-0.15, -0.1) is 10.2 Å². The summed E-state index contributed by atoms with van der Waals surface area (Å²) in [6.45, 7) is 6.15. The molecular weight excluding hydrogens is 326 g/mol. The van der Waals surface area contributed by atoms with Gasteiger partial charge in [0.15, 0.2) is 0 Å². The lowest BCUT2D eigenvalue weighted by molar-refractivity contribution is -0.114. The first-order chi connectivity index (χ1) is 11.5. The summed E-state index contributed by atoms with van der Waals surface area (Å²) in [6.07, 6.45) is 0. The molecule has 0 aliphatic carbocycles. The molecule has 1 aromatic carbocycles. The van der Waals surface area contributed by atoms with Crippen molar-refractivity contribution in [1.82, 2.24) is 15.1 Å². The first-order valence-corrected chi connectivity index (χ1v) is 8.56. The van der Waals surface area contributed by atoms with Crippen LogP contribution in [0, 0.1) is 6.92 Å². The topological polar surface area (TPSA) is 78.4 Å². The first-order valence-electron chi connectivity index (χ1n) is 7.75. The zero-order valence-electron chi connectivity index (χ0n) is 13.7. The minimum atomic E-state index is -0.152. The van der Waals surface area contributed by atoms with Crippen molar-refractivity contribution in [2.45, 2.75) is 13.8 Å². The number of carbonyl (C=O) groups excluding carboxylic acids is 2. The molecule has 1 aliphatic rings. The van der Waals surface area contributed by atoms with Crippen molar-refractivity contribution in [3.8, 4) is 0 Å². The predicted molar refractivity (Wildman–Crippen MR) is 93.5 cm³/mol. The number of hydrogen-bond donors (Lipinski definition) is 1. The van der Waals surface area contributed by atoms with E-state index in [4.69, 9.17) is 0 Å². The fourth-order valence-electron chi connectivity index (χ4n) is 2.63. The molecule has 3 rings (SSSR count). The molecule has 0 saturated carbocycles. The summed E-state index contributed by atoms with van der Waals surface area (Å²) in [7, 11) is 0. The monoisotopic (exact) mass is 345 g/mol. The quantitative estimate of drug-likeness (QED) is 0.917. The van der Waals surface area contributed by atoms with E-state index in [1.165, 1.54) is 6.92 Å². The molecule has 8 heteroatoms. The zero-order chi connectivity index (χ0) is 17.1. The molecule has 2 heterocycles. The Kier molecular flexibility index (Phi) is 4.75. The van der Waals surface area contributed by atoms with Crippen LogP contribution in [0.2, 0.25) is 0 Å². The number of nitrogens with one attached hydrogen (secondary N) is 1. The van der Waals surface area contributed by atoms with E-state index in [1.807, 2.05) is 11.8 Å². The highest BCUT2D eigenvalue weighted by molar-refractivity contribution is 7.15. The molecule has 24 heavy (non-hydrogen) atoms. The fourth-order valence-corrected chi connectivity index (χ4v) is 3.37. The molecule has 0 radical (unpaired) electrons. The van der Waals surface area contributed by atoms with Crippen LogP contribution in [0.3, 0.4) is 0 Å². The normalized spacial score (nSPS) is 14.6. The smallest absolute Gasteiger partial charge is 0.254 e. The summed E-state index contributed by atoms with van der Waals surface area (Å²) in [5, 5.41) is 12.8. The van der Waals surface area contributed by atoms with Gasteiger partial charge in [-0.2, -0.15) is 0 Å². The van der Waals surface area contributed by atoms with Crippen LogP contribution in [0.25, 0.3) is 0 Å². The Morgan fingerprint density at radius 3 is 2.54 bits per heavy atom. The van der Waals surface area contributed by atoms with E-state index in [2.05, 4.69) is 20.4 Å². The van der Waals surface area contributed by atoms with Crippen molar-refractivity contribution >= 4 is 34.0 Å². The van der Waals surface area contributed by atoms with Gasteiger partial charge in [0.25, 0.3) is 5.91 Å². The van der Waals surface area contributed by atoms with E-state index in [0.29, 0.717) is 24.3 Å². The Morgan fingerprint density at radius 1 is 1.17 bits per heavy atom. The molecule has 0 unspecified atom stereocenters. The van der Waals surface area contributed by atoms with Crippen molar-refractivity contribution < 1.29 is 9.59 Å². The van der Waals surface area contributed by atoms with Gasteiger partial charge in [0.2, 0.25) is 11.0 Å². The average molecular weight is 345 g/mol.